The highest BCUT2D eigenvalue weighted by molar-refractivity contribution is 5.96. The van der Waals surface area contributed by atoms with Gasteiger partial charge in [0.15, 0.2) is 5.78 Å². The van der Waals surface area contributed by atoms with Gasteiger partial charge in [0.2, 0.25) is 0 Å². The quantitative estimate of drug-likeness (QED) is 0.733. The summed E-state index contributed by atoms with van der Waals surface area (Å²) in [5.41, 5.74) is 6.50. The number of Topliss-reactive ketones (excluding diaryl/α,β-unsaturated/α-hetero) is 1. The smallest absolute Gasteiger partial charge is 0.194 e. The SMILES string of the molecule is Cn1nccc1C(=O)CN1CCC(N)CC1. The van der Waals surface area contributed by atoms with Crippen LogP contribution in [0.5, 0.6) is 0 Å². The van der Waals surface area contributed by atoms with E-state index in [4.69, 9.17) is 5.73 Å². The summed E-state index contributed by atoms with van der Waals surface area (Å²) in [6.07, 6.45) is 3.62. The summed E-state index contributed by atoms with van der Waals surface area (Å²) in [4.78, 5) is 14.1. The number of carbonyl (C=O) groups excluding carboxylic acids is 1. The van der Waals surface area contributed by atoms with Gasteiger partial charge in [-0.1, -0.05) is 0 Å². The summed E-state index contributed by atoms with van der Waals surface area (Å²) in [6.45, 7) is 2.32. The van der Waals surface area contributed by atoms with Crippen molar-refractivity contribution in [3.8, 4) is 0 Å². The standard InChI is InChI=1S/C11H18N4O/c1-14-10(2-5-13-14)11(16)8-15-6-3-9(12)4-7-15/h2,5,9H,3-4,6-8,12H2,1H3. The van der Waals surface area contributed by atoms with E-state index in [9.17, 15) is 4.79 Å². The van der Waals surface area contributed by atoms with Crippen LogP contribution in [0.4, 0.5) is 0 Å². The van der Waals surface area contributed by atoms with E-state index in [-0.39, 0.29) is 5.78 Å². The molecular formula is C11H18N4O. The number of carbonyl (C=O) groups is 1. The minimum absolute atomic E-state index is 0.135. The van der Waals surface area contributed by atoms with Crippen LogP contribution in [0.3, 0.4) is 0 Å². The third kappa shape index (κ3) is 2.48. The normalized spacial score (nSPS) is 18.9. The molecule has 2 N–H and O–H groups in total. The number of piperidine rings is 1. The zero-order valence-corrected chi connectivity index (χ0v) is 9.59. The van der Waals surface area contributed by atoms with E-state index in [1.807, 2.05) is 0 Å². The second-order valence-electron chi connectivity index (χ2n) is 4.38. The zero-order valence-electron chi connectivity index (χ0n) is 9.59. The van der Waals surface area contributed by atoms with Crippen LogP contribution in [0.1, 0.15) is 23.3 Å². The fraction of sp³-hybridized carbons (Fsp3) is 0.636. The predicted octanol–water partition coefficient (Wildman–Crippen LogP) is 0.0259. The van der Waals surface area contributed by atoms with Crippen molar-refractivity contribution in [1.82, 2.24) is 14.7 Å². The maximum atomic E-state index is 11.9. The average Bonchev–Trinajstić information content (AvgIpc) is 2.68. The maximum absolute atomic E-state index is 11.9. The molecule has 0 unspecified atom stereocenters. The number of nitrogens with two attached hydrogens (primary N) is 1. The van der Waals surface area contributed by atoms with Crippen LogP contribution in [0, 0.1) is 0 Å². The number of likely N-dealkylation sites (tertiary alicyclic amines) is 1. The van der Waals surface area contributed by atoms with Crippen LogP contribution < -0.4 is 5.73 Å². The molecule has 2 rings (SSSR count). The summed E-state index contributed by atoms with van der Waals surface area (Å²) in [7, 11) is 1.79. The number of ketones is 1. The van der Waals surface area contributed by atoms with E-state index in [2.05, 4.69) is 10.00 Å². The number of aromatic nitrogens is 2. The van der Waals surface area contributed by atoms with Crippen LogP contribution in [0.25, 0.3) is 0 Å². The molecule has 0 bridgehead atoms. The summed E-state index contributed by atoms with van der Waals surface area (Å²) in [5, 5.41) is 4.00. The van der Waals surface area contributed by atoms with E-state index >= 15 is 0 Å². The first-order valence-corrected chi connectivity index (χ1v) is 5.66. The van der Waals surface area contributed by atoms with Gasteiger partial charge < -0.3 is 5.73 Å². The molecule has 0 spiro atoms. The van der Waals surface area contributed by atoms with Gasteiger partial charge in [-0.15, -0.1) is 0 Å². The molecule has 1 saturated heterocycles. The molecule has 5 nitrogen and oxygen atoms in total. The van der Waals surface area contributed by atoms with E-state index in [1.165, 1.54) is 0 Å². The third-order valence-corrected chi connectivity index (χ3v) is 3.11. The van der Waals surface area contributed by atoms with Gasteiger partial charge in [-0.05, 0) is 18.9 Å². The van der Waals surface area contributed by atoms with Gasteiger partial charge in [0.1, 0.15) is 5.69 Å². The van der Waals surface area contributed by atoms with Crippen molar-refractivity contribution >= 4 is 5.78 Å². The highest BCUT2D eigenvalue weighted by Crippen LogP contribution is 2.09. The van der Waals surface area contributed by atoms with Crippen LogP contribution in [0.15, 0.2) is 12.3 Å². The molecule has 0 radical (unpaired) electrons. The van der Waals surface area contributed by atoms with Gasteiger partial charge in [0, 0.05) is 32.4 Å². The summed E-state index contributed by atoms with van der Waals surface area (Å²) in [5.74, 6) is 0.135. The van der Waals surface area contributed by atoms with Gasteiger partial charge in [0.05, 0.1) is 6.54 Å². The topological polar surface area (TPSA) is 64.2 Å². The molecule has 88 valence electrons. The Kier molecular flexibility index (Phi) is 3.36. The Bertz CT molecular complexity index is 366. The largest absolute Gasteiger partial charge is 0.328 e. The van der Waals surface area contributed by atoms with E-state index < -0.39 is 0 Å². The molecule has 1 aliphatic heterocycles. The molecule has 1 aromatic rings. The van der Waals surface area contributed by atoms with Gasteiger partial charge in [-0.25, -0.2) is 0 Å². The first-order valence-electron chi connectivity index (χ1n) is 5.66. The molecule has 5 heteroatoms. The Hall–Kier alpha value is -1.20. The average molecular weight is 222 g/mol. The lowest BCUT2D eigenvalue weighted by atomic mass is 10.1. The van der Waals surface area contributed by atoms with Gasteiger partial charge in [0.25, 0.3) is 0 Å². The number of aryl methyl sites for hydroxylation is 1. The fourth-order valence-corrected chi connectivity index (χ4v) is 2.04. The van der Waals surface area contributed by atoms with Crippen LogP contribution >= 0.6 is 0 Å². The van der Waals surface area contributed by atoms with Crippen molar-refractivity contribution in [2.75, 3.05) is 19.6 Å². The molecule has 0 aromatic carbocycles. The number of hydrogen-bond donors (Lipinski definition) is 1. The Morgan fingerprint density at radius 1 is 1.56 bits per heavy atom. The van der Waals surface area contributed by atoms with E-state index in [0.717, 1.165) is 25.9 Å². The van der Waals surface area contributed by atoms with Crippen LogP contribution in [0.2, 0.25) is 0 Å². The van der Waals surface area contributed by atoms with Gasteiger partial charge in [-0.3, -0.25) is 14.4 Å². The van der Waals surface area contributed by atoms with E-state index in [0.29, 0.717) is 18.3 Å². The lowest BCUT2D eigenvalue weighted by Crippen LogP contribution is -2.42. The molecule has 16 heavy (non-hydrogen) atoms. The summed E-state index contributed by atoms with van der Waals surface area (Å²) >= 11 is 0. The van der Waals surface area contributed by atoms with Crippen molar-refractivity contribution in [3.63, 3.8) is 0 Å². The molecule has 1 aromatic heterocycles. The molecule has 1 fully saturated rings. The highest BCUT2D eigenvalue weighted by atomic mass is 16.1. The molecule has 0 atom stereocenters. The first-order chi connectivity index (χ1) is 7.66. The monoisotopic (exact) mass is 222 g/mol. The number of hydrogen-bond acceptors (Lipinski definition) is 4. The summed E-state index contributed by atoms with van der Waals surface area (Å²) in [6, 6.07) is 2.07. The Labute approximate surface area is 95.2 Å². The maximum Gasteiger partial charge on any atom is 0.194 e. The van der Waals surface area contributed by atoms with E-state index in [1.54, 1.807) is 24.0 Å². The number of nitrogens with zero attached hydrogens (tertiary/aromatic N) is 3. The van der Waals surface area contributed by atoms with Gasteiger partial charge >= 0.3 is 0 Å². The lowest BCUT2D eigenvalue weighted by molar-refractivity contribution is 0.0900. The Balaban J connectivity index is 1.91. The highest BCUT2D eigenvalue weighted by Gasteiger charge is 2.19. The number of rotatable bonds is 3. The molecule has 0 saturated carbocycles. The summed E-state index contributed by atoms with van der Waals surface area (Å²) < 4.78 is 1.62. The third-order valence-electron chi connectivity index (χ3n) is 3.11. The minimum atomic E-state index is 0.135. The Morgan fingerprint density at radius 2 is 2.25 bits per heavy atom. The zero-order chi connectivity index (χ0) is 11.5. The predicted molar refractivity (Wildman–Crippen MR) is 61.2 cm³/mol. The minimum Gasteiger partial charge on any atom is -0.328 e. The molecule has 1 aliphatic rings. The lowest BCUT2D eigenvalue weighted by Gasteiger charge is -2.29. The van der Waals surface area contributed by atoms with Crippen molar-refractivity contribution in [2.24, 2.45) is 12.8 Å². The van der Waals surface area contributed by atoms with Crippen molar-refractivity contribution in [3.05, 3.63) is 18.0 Å². The van der Waals surface area contributed by atoms with Crippen molar-refractivity contribution in [1.29, 1.82) is 0 Å². The molecular weight excluding hydrogens is 204 g/mol. The molecule has 2 heterocycles. The van der Waals surface area contributed by atoms with Crippen LogP contribution in [-0.2, 0) is 7.05 Å². The second kappa shape index (κ2) is 4.76. The molecule has 0 amide bonds. The second-order valence-corrected chi connectivity index (χ2v) is 4.38. The fourth-order valence-electron chi connectivity index (χ4n) is 2.04. The Morgan fingerprint density at radius 3 is 2.81 bits per heavy atom. The first kappa shape index (κ1) is 11.3. The molecule has 0 aliphatic carbocycles. The van der Waals surface area contributed by atoms with Gasteiger partial charge in [-0.2, -0.15) is 5.10 Å². The van der Waals surface area contributed by atoms with Crippen molar-refractivity contribution in [2.45, 2.75) is 18.9 Å². The van der Waals surface area contributed by atoms with Crippen molar-refractivity contribution < 1.29 is 4.79 Å². The van der Waals surface area contributed by atoms with Crippen LogP contribution in [-0.4, -0.2) is 46.1 Å².